The molecule has 2 aliphatic rings. The maximum absolute atomic E-state index is 5.74. The Kier molecular flexibility index (Phi) is 3.41. The molecule has 0 radical (unpaired) electrons. The lowest BCUT2D eigenvalue weighted by molar-refractivity contribution is 0.303. The van der Waals surface area contributed by atoms with Crippen LogP contribution in [0.3, 0.4) is 0 Å². The van der Waals surface area contributed by atoms with Crippen LogP contribution in [0.5, 0.6) is 5.75 Å². The van der Waals surface area contributed by atoms with Gasteiger partial charge in [-0.25, -0.2) is 0 Å². The minimum absolute atomic E-state index is 0.502. The van der Waals surface area contributed by atoms with Gasteiger partial charge in [-0.1, -0.05) is 28.1 Å². The van der Waals surface area contributed by atoms with Gasteiger partial charge in [-0.2, -0.15) is 0 Å². The van der Waals surface area contributed by atoms with E-state index in [0.717, 1.165) is 16.5 Å². The van der Waals surface area contributed by atoms with E-state index in [0.29, 0.717) is 6.10 Å². The molecule has 2 fully saturated rings. The van der Waals surface area contributed by atoms with Crippen molar-refractivity contribution < 1.29 is 4.74 Å². The number of hydrogen-bond acceptors (Lipinski definition) is 1. The van der Waals surface area contributed by atoms with Crippen molar-refractivity contribution in [3.05, 3.63) is 29.8 Å². The minimum atomic E-state index is 0.502. The number of benzene rings is 1. The van der Waals surface area contributed by atoms with E-state index in [2.05, 4.69) is 40.2 Å². The molecule has 2 aliphatic carbocycles. The van der Waals surface area contributed by atoms with Gasteiger partial charge in [0, 0.05) is 4.83 Å². The van der Waals surface area contributed by atoms with Gasteiger partial charge in [0.25, 0.3) is 0 Å². The van der Waals surface area contributed by atoms with Gasteiger partial charge >= 0.3 is 0 Å². The summed E-state index contributed by atoms with van der Waals surface area (Å²) >= 11 is 3.79. The molecule has 1 aromatic rings. The van der Waals surface area contributed by atoms with Crippen LogP contribution in [0.1, 0.15) is 37.7 Å². The molecule has 1 unspecified atom stereocenters. The lowest BCUT2D eigenvalue weighted by Gasteiger charge is -2.09. The molecule has 92 valence electrons. The molecule has 17 heavy (non-hydrogen) atoms. The van der Waals surface area contributed by atoms with Gasteiger partial charge in [0.1, 0.15) is 5.75 Å². The van der Waals surface area contributed by atoms with Crippen LogP contribution in [-0.2, 0) is 6.42 Å². The van der Waals surface area contributed by atoms with Gasteiger partial charge < -0.3 is 4.74 Å². The molecule has 0 aromatic heterocycles. The molecule has 0 saturated heterocycles. The maximum Gasteiger partial charge on any atom is 0.119 e. The quantitative estimate of drug-likeness (QED) is 0.710. The highest BCUT2D eigenvalue weighted by Gasteiger charge is 2.28. The first-order valence-electron chi connectivity index (χ1n) is 6.71. The Hall–Kier alpha value is -0.500. The molecule has 2 saturated carbocycles. The summed E-state index contributed by atoms with van der Waals surface area (Å²) in [5, 5.41) is 0. The van der Waals surface area contributed by atoms with Crippen molar-refractivity contribution in [3.63, 3.8) is 0 Å². The highest BCUT2D eigenvalue weighted by molar-refractivity contribution is 9.09. The normalized spacial score (nSPS) is 21.2. The molecule has 0 spiro atoms. The summed E-state index contributed by atoms with van der Waals surface area (Å²) in [6.45, 7) is 0. The first-order valence-corrected chi connectivity index (χ1v) is 7.62. The van der Waals surface area contributed by atoms with Crippen molar-refractivity contribution in [1.82, 2.24) is 0 Å². The fraction of sp³-hybridized carbons (Fsp3) is 0.600. The third-order valence-corrected chi connectivity index (χ3v) is 4.80. The summed E-state index contributed by atoms with van der Waals surface area (Å²) in [6, 6.07) is 8.66. The molecule has 3 rings (SSSR count). The van der Waals surface area contributed by atoms with Gasteiger partial charge in [0.15, 0.2) is 0 Å². The van der Waals surface area contributed by atoms with E-state index in [1.54, 1.807) is 0 Å². The molecule has 0 N–H and O–H groups in total. The summed E-state index contributed by atoms with van der Waals surface area (Å²) in [7, 11) is 0. The van der Waals surface area contributed by atoms with Gasteiger partial charge in [0.2, 0.25) is 0 Å². The first kappa shape index (κ1) is 11.6. The smallest absolute Gasteiger partial charge is 0.119 e. The monoisotopic (exact) mass is 294 g/mol. The van der Waals surface area contributed by atoms with Gasteiger partial charge in [-0.3, -0.25) is 0 Å². The number of halogens is 1. The van der Waals surface area contributed by atoms with Gasteiger partial charge in [0.05, 0.1) is 6.10 Å². The first-order chi connectivity index (χ1) is 8.31. The van der Waals surface area contributed by atoms with Crippen molar-refractivity contribution in [3.8, 4) is 5.75 Å². The largest absolute Gasteiger partial charge is 0.490 e. The van der Waals surface area contributed by atoms with Gasteiger partial charge in [-0.05, 0) is 62.1 Å². The van der Waals surface area contributed by atoms with E-state index in [9.17, 15) is 0 Å². The third kappa shape index (κ3) is 3.48. The molecule has 1 nitrogen and oxygen atoms in total. The molecule has 1 aromatic carbocycles. The average molecular weight is 295 g/mol. The summed E-state index contributed by atoms with van der Waals surface area (Å²) in [6.07, 6.45) is 8.24. The van der Waals surface area contributed by atoms with E-state index in [1.165, 1.54) is 44.1 Å². The lowest BCUT2D eigenvalue weighted by Crippen LogP contribution is -2.02. The Morgan fingerprint density at radius 2 is 1.82 bits per heavy atom. The summed E-state index contributed by atoms with van der Waals surface area (Å²) in [5.74, 6) is 1.99. The molecule has 0 amide bonds. The van der Waals surface area contributed by atoms with E-state index in [-0.39, 0.29) is 0 Å². The summed E-state index contributed by atoms with van der Waals surface area (Å²) in [4.78, 5) is 0.727. The number of aryl methyl sites for hydroxylation is 1. The Balaban J connectivity index is 1.48. The fourth-order valence-corrected chi connectivity index (χ4v) is 2.87. The lowest BCUT2D eigenvalue weighted by atomic mass is 10.1. The van der Waals surface area contributed by atoms with Crippen molar-refractivity contribution in [2.75, 3.05) is 0 Å². The van der Waals surface area contributed by atoms with Crippen LogP contribution in [0.15, 0.2) is 24.3 Å². The van der Waals surface area contributed by atoms with Crippen LogP contribution in [0.2, 0.25) is 0 Å². The van der Waals surface area contributed by atoms with Crippen LogP contribution in [0.25, 0.3) is 0 Å². The highest BCUT2D eigenvalue weighted by atomic mass is 79.9. The minimum Gasteiger partial charge on any atom is -0.490 e. The molecule has 1 atom stereocenters. The van der Waals surface area contributed by atoms with Crippen molar-refractivity contribution in [2.24, 2.45) is 5.92 Å². The molecular weight excluding hydrogens is 276 g/mol. The SMILES string of the molecule is BrC(CCc1ccc(OC2CC2)cc1)C1CC1. The number of rotatable bonds is 6. The van der Waals surface area contributed by atoms with E-state index >= 15 is 0 Å². The Bertz CT molecular complexity index is 365. The van der Waals surface area contributed by atoms with Crippen molar-refractivity contribution in [2.45, 2.75) is 49.5 Å². The van der Waals surface area contributed by atoms with E-state index in [4.69, 9.17) is 4.74 Å². The van der Waals surface area contributed by atoms with Crippen molar-refractivity contribution >= 4 is 15.9 Å². The second-order valence-corrected chi connectivity index (χ2v) is 6.53. The zero-order valence-corrected chi connectivity index (χ0v) is 11.7. The van der Waals surface area contributed by atoms with Crippen LogP contribution in [0.4, 0.5) is 0 Å². The number of ether oxygens (including phenoxy) is 1. The second kappa shape index (κ2) is 5.01. The number of alkyl halides is 1. The topological polar surface area (TPSA) is 9.23 Å². The van der Waals surface area contributed by atoms with Gasteiger partial charge in [-0.15, -0.1) is 0 Å². The van der Waals surface area contributed by atoms with Crippen molar-refractivity contribution in [1.29, 1.82) is 0 Å². The predicted molar refractivity (Wildman–Crippen MR) is 73.9 cm³/mol. The zero-order chi connectivity index (χ0) is 11.7. The molecule has 0 aliphatic heterocycles. The Labute approximate surface area is 112 Å². The maximum atomic E-state index is 5.74. The Morgan fingerprint density at radius 1 is 1.12 bits per heavy atom. The second-order valence-electron chi connectivity index (χ2n) is 5.35. The van der Waals surface area contributed by atoms with Crippen LogP contribution in [-0.4, -0.2) is 10.9 Å². The van der Waals surface area contributed by atoms with Crippen LogP contribution in [0, 0.1) is 5.92 Å². The summed E-state index contributed by atoms with van der Waals surface area (Å²) < 4.78 is 5.74. The van der Waals surface area contributed by atoms with E-state index in [1.807, 2.05) is 0 Å². The highest BCUT2D eigenvalue weighted by Crippen LogP contribution is 2.38. The van der Waals surface area contributed by atoms with Crippen LogP contribution >= 0.6 is 15.9 Å². The molecule has 0 heterocycles. The molecule has 2 heteroatoms. The average Bonchev–Trinajstić information content (AvgIpc) is 3.20. The standard InChI is InChI=1S/C15H19BrO/c16-15(12-4-5-12)10-3-11-1-6-13(7-2-11)17-14-8-9-14/h1-2,6-7,12,14-15H,3-5,8-10H2. The number of hydrogen-bond donors (Lipinski definition) is 0. The van der Waals surface area contributed by atoms with E-state index < -0.39 is 0 Å². The third-order valence-electron chi connectivity index (χ3n) is 3.59. The molecular formula is C15H19BrO. The zero-order valence-electron chi connectivity index (χ0n) is 10.1. The van der Waals surface area contributed by atoms with Crippen LogP contribution < -0.4 is 4.74 Å². The summed E-state index contributed by atoms with van der Waals surface area (Å²) in [5.41, 5.74) is 1.43. The Morgan fingerprint density at radius 3 is 2.41 bits per heavy atom. The molecule has 0 bridgehead atoms. The predicted octanol–water partition coefficient (Wildman–Crippen LogP) is 4.33. The fourth-order valence-electron chi connectivity index (χ4n) is 2.11.